The molecule has 92 valence electrons. The monoisotopic (exact) mass is 247 g/mol. The highest BCUT2D eigenvalue weighted by molar-refractivity contribution is 5.28. The van der Waals surface area contributed by atoms with E-state index in [1.54, 1.807) is 0 Å². The molecule has 0 saturated heterocycles. The highest BCUT2D eigenvalue weighted by Crippen LogP contribution is 2.26. The van der Waals surface area contributed by atoms with E-state index in [0.29, 0.717) is 0 Å². The summed E-state index contributed by atoms with van der Waals surface area (Å²) in [7, 11) is 0. The van der Waals surface area contributed by atoms with Gasteiger partial charge in [0.2, 0.25) is 0 Å². The lowest BCUT2D eigenvalue weighted by Gasteiger charge is -2.14. The Morgan fingerprint density at radius 2 is 2.06 bits per heavy atom. The molecule has 0 aliphatic rings. The minimum atomic E-state index is -4.62. The van der Waals surface area contributed by atoms with Crippen LogP contribution in [0.15, 0.2) is 18.2 Å². The Balaban J connectivity index is 2.67. The molecule has 1 rings (SSSR count). The van der Waals surface area contributed by atoms with E-state index in [0.717, 1.165) is 12.1 Å². The summed E-state index contributed by atoms with van der Waals surface area (Å²) in [5, 5.41) is 8.33. The molecule has 1 aromatic rings. The first kappa shape index (κ1) is 13.3. The highest BCUT2D eigenvalue weighted by atomic mass is 19.4. The fourth-order valence-corrected chi connectivity index (χ4v) is 1.09. The quantitative estimate of drug-likeness (QED) is 0.768. The van der Waals surface area contributed by atoms with Crippen LogP contribution in [0.4, 0.5) is 17.6 Å². The van der Waals surface area contributed by atoms with Gasteiger partial charge in [0, 0.05) is 0 Å². The van der Waals surface area contributed by atoms with Crippen LogP contribution in [-0.4, -0.2) is 12.8 Å². The molecule has 0 spiro atoms. The van der Waals surface area contributed by atoms with E-state index in [1.807, 2.05) is 0 Å². The van der Waals surface area contributed by atoms with Crippen LogP contribution in [-0.2, 0) is 0 Å². The van der Waals surface area contributed by atoms with E-state index < -0.39 is 24.5 Å². The third kappa shape index (κ3) is 3.63. The molecule has 1 atom stereocenters. The van der Waals surface area contributed by atoms with Crippen molar-refractivity contribution in [1.29, 1.82) is 5.26 Å². The second-order valence-corrected chi connectivity index (χ2v) is 3.45. The minimum absolute atomic E-state index is 0.105. The van der Waals surface area contributed by atoms with Crippen molar-refractivity contribution in [3.8, 4) is 11.8 Å². The number of ether oxygens (including phenoxy) is 1. The zero-order chi connectivity index (χ0) is 13.1. The molecule has 0 heterocycles. The van der Waals surface area contributed by atoms with Gasteiger partial charge in [0.05, 0.1) is 6.07 Å². The van der Waals surface area contributed by atoms with Crippen molar-refractivity contribution >= 4 is 0 Å². The molecule has 0 N–H and O–H groups in total. The molecule has 0 aliphatic carbocycles. The Morgan fingerprint density at radius 1 is 1.41 bits per heavy atom. The molecule has 1 unspecified atom stereocenters. The van der Waals surface area contributed by atoms with Gasteiger partial charge in [0.15, 0.2) is 5.92 Å². The van der Waals surface area contributed by atoms with Gasteiger partial charge in [-0.2, -0.15) is 18.4 Å². The molecule has 0 fully saturated rings. The molecule has 17 heavy (non-hydrogen) atoms. The predicted molar refractivity (Wildman–Crippen MR) is 51.8 cm³/mol. The maximum atomic E-state index is 12.9. The van der Waals surface area contributed by atoms with Gasteiger partial charge < -0.3 is 4.74 Å². The molecule has 1 aromatic carbocycles. The topological polar surface area (TPSA) is 33.0 Å². The van der Waals surface area contributed by atoms with Gasteiger partial charge in [0.1, 0.15) is 18.2 Å². The molecule has 6 heteroatoms. The Labute approximate surface area is 95.4 Å². The highest BCUT2D eigenvalue weighted by Gasteiger charge is 2.40. The van der Waals surface area contributed by atoms with Crippen LogP contribution in [0, 0.1) is 30.0 Å². The number of rotatable bonds is 3. The number of nitriles is 1. The minimum Gasteiger partial charge on any atom is -0.492 e. The summed E-state index contributed by atoms with van der Waals surface area (Å²) in [6.07, 6.45) is -4.62. The van der Waals surface area contributed by atoms with Crippen molar-refractivity contribution in [3.05, 3.63) is 29.6 Å². The summed E-state index contributed by atoms with van der Waals surface area (Å²) in [4.78, 5) is 0. The molecular formula is C11H9F4NO. The van der Waals surface area contributed by atoms with Gasteiger partial charge in [-0.05, 0) is 30.7 Å². The Kier molecular flexibility index (Phi) is 3.94. The number of nitrogens with zero attached hydrogens (tertiary/aromatic N) is 1. The van der Waals surface area contributed by atoms with Gasteiger partial charge in [-0.25, -0.2) is 4.39 Å². The Morgan fingerprint density at radius 3 is 2.53 bits per heavy atom. The molecule has 2 nitrogen and oxygen atoms in total. The van der Waals surface area contributed by atoms with Crippen LogP contribution in [0.1, 0.15) is 5.56 Å². The van der Waals surface area contributed by atoms with E-state index in [1.165, 1.54) is 19.1 Å². The van der Waals surface area contributed by atoms with Crippen LogP contribution in [0.5, 0.6) is 5.75 Å². The van der Waals surface area contributed by atoms with Gasteiger partial charge in [0.25, 0.3) is 0 Å². The van der Waals surface area contributed by atoms with Gasteiger partial charge >= 0.3 is 6.18 Å². The van der Waals surface area contributed by atoms with E-state index in [2.05, 4.69) is 0 Å². The first-order valence-corrected chi connectivity index (χ1v) is 4.70. The molecule has 0 aromatic heterocycles. The maximum Gasteiger partial charge on any atom is 0.407 e. The zero-order valence-electron chi connectivity index (χ0n) is 8.88. The lowest BCUT2D eigenvalue weighted by atomic mass is 10.2. The van der Waals surface area contributed by atoms with Crippen molar-refractivity contribution in [2.24, 2.45) is 5.92 Å². The lowest BCUT2D eigenvalue weighted by molar-refractivity contribution is -0.165. The van der Waals surface area contributed by atoms with Crippen molar-refractivity contribution in [2.45, 2.75) is 13.1 Å². The first-order valence-electron chi connectivity index (χ1n) is 4.70. The molecule has 0 saturated carbocycles. The lowest BCUT2D eigenvalue weighted by Crippen LogP contribution is -2.27. The van der Waals surface area contributed by atoms with Crippen molar-refractivity contribution in [3.63, 3.8) is 0 Å². The zero-order valence-corrected chi connectivity index (χ0v) is 8.88. The maximum absolute atomic E-state index is 12.9. The summed E-state index contributed by atoms with van der Waals surface area (Å²) in [5.74, 6) is -2.55. The second kappa shape index (κ2) is 5.04. The standard InChI is InChI=1S/C11H9F4NO/c1-7-4-9(2-3-10(7)12)17-6-8(5-16)11(13,14)15/h2-4,8H,6H2,1H3. The van der Waals surface area contributed by atoms with Crippen LogP contribution in [0.25, 0.3) is 0 Å². The fraction of sp³-hybridized carbons (Fsp3) is 0.364. The van der Waals surface area contributed by atoms with Crippen molar-refractivity contribution in [2.75, 3.05) is 6.61 Å². The smallest absolute Gasteiger partial charge is 0.407 e. The van der Waals surface area contributed by atoms with E-state index in [-0.39, 0.29) is 11.3 Å². The molecule has 0 bridgehead atoms. The Hall–Kier alpha value is -1.77. The number of hydrogen-bond acceptors (Lipinski definition) is 2. The average Bonchev–Trinajstić information content (AvgIpc) is 2.22. The molecular weight excluding hydrogens is 238 g/mol. The summed E-state index contributed by atoms with van der Waals surface area (Å²) >= 11 is 0. The summed E-state index contributed by atoms with van der Waals surface area (Å²) in [5.41, 5.74) is 0.267. The largest absolute Gasteiger partial charge is 0.492 e. The van der Waals surface area contributed by atoms with Crippen LogP contribution in [0.2, 0.25) is 0 Å². The van der Waals surface area contributed by atoms with Crippen molar-refractivity contribution < 1.29 is 22.3 Å². The number of aryl methyl sites for hydroxylation is 1. The summed E-state index contributed by atoms with van der Waals surface area (Å²) in [6, 6.07) is 4.70. The van der Waals surface area contributed by atoms with Crippen LogP contribution >= 0.6 is 0 Å². The normalized spacial score (nSPS) is 12.9. The van der Waals surface area contributed by atoms with E-state index >= 15 is 0 Å². The van der Waals surface area contributed by atoms with Gasteiger partial charge in [-0.15, -0.1) is 0 Å². The number of benzene rings is 1. The summed E-state index contributed by atoms with van der Waals surface area (Å²) in [6.45, 7) is 0.665. The number of alkyl halides is 3. The third-order valence-corrected chi connectivity index (χ3v) is 2.10. The Bertz CT molecular complexity index is 436. The van der Waals surface area contributed by atoms with Gasteiger partial charge in [-0.3, -0.25) is 0 Å². The SMILES string of the molecule is Cc1cc(OCC(C#N)C(F)(F)F)ccc1F. The molecule has 0 aliphatic heterocycles. The van der Waals surface area contributed by atoms with Crippen molar-refractivity contribution in [1.82, 2.24) is 0 Å². The summed E-state index contributed by atoms with van der Waals surface area (Å²) < 4.78 is 54.3. The van der Waals surface area contributed by atoms with Gasteiger partial charge in [-0.1, -0.05) is 0 Å². The van der Waals surface area contributed by atoms with Crippen LogP contribution in [0.3, 0.4) is 0 Å². The first-order chi connectivity index (χ1) is 7.84. The van der Waals surface area contributed by atoms with E-state index in [9.17, 15) is 17.6 Å². The number of hydrogen-bond donors (Lipinski definition) is 0. The third-order valence-electron chi connectivity index (χ3n) is 2.10. The average molecular weight is 247 g/mol. The van der Waals surface area contributed by atoms with E-state index in [4.69, 9.17) is 10.00 Å². The predicted octanol–water partition coefficient (Wildman–Crippen LogP) is 3.22. The number of halogens is 4. The van der Waals surface area contributed by atoms with Crippen LogP contribution < -0.4 is 4.74 Å². The second-order valence-electron chi connectivity index (χ2n) is 3.45. The molecule has 0 radical (unpaired) electrons. The fourth-order valence-electron chi connectivity index (χ4n) is 1.09. The molecule has 0 amide bonds.